The van der Waals surface area contributed by atoms with Crippen LogP contribution in [0.1, 0.15) is 9.67 Å². The topological polar surface area (TPSA) is 73.0 Å². The van der Waals surface area contributed by atoms with E-state index >= 15 is 0 Å². The summed E-state index contributed by atoms with van der Waals surface area (Å²) >= 11 is 7.47. The number of nitrogens with one attached hydrogen (secondary N) is 1. The van der Waals surface area contributed by atoms with E-state index in [1.165, 1.54) is 16.2 Å². The van der Waals surface area contributed by atoms with Crippen LogP contribution in [-0.2, 0) is 9.59 Å². The van der Waals surface area contributed by atoms with Gasteiger partial charge in [0, 0.05) is 33.2 Å². The van der Waals surface area contributed by atoms with E-state index in [0.29, 0.717) is 36.9 Å². The lowest BCUT2D eigenvalue weighted by molar-refractivity contribution is -0.134. The Kier molecular flexibility index (Phi) is 7.24. The molecule has 1 saturated heterocycles. The number of thiophene rings is 1. The van der Waals surface area contributed by atoms with Gasteiger partial charge in [0.2, 0.25) is 11.8 Å². The number of piperazine rings is 1. The lowest BCUT2D eigenvalue weighted by Crippen LogP contribution is -2.51. The molecule has 2 aromatic rings. The zero-order chi connectivity index (χ0) is 20.8. The third kappa shape index (κ3) is 5.79. The van der Waals surface area contributed by atoms with Gasteiger partial charge in [-0.25, -0.2) is 0 Å². The predicted octanol–water partition coefficient (Wildman–Crippen LogP) is 2.26. The Bertz CT molecular complexity index is 866. The molecular weight excluding hydrogens is 412 g/mol. The number of likely N-dealkylation sites (N-methyl/N-ethyl adjacent to an activating group) is 1. The van der Waals surface area contributed by atoms with Crippen molar-refractivity contribution in [3.8, 4) is 0 Å². The quantitative estimate of drug-likeness (QED) is 0.756. The molecule has 1 aliphatic rings. The van der Waals surface area contributed by atoms with Gasteiger partial charge >= 0.3 is 0 Å². The molecule has 29 heavy (non-hydrogen) atoms. The van der Waals surface area contributed by atoms with E-state index in [0.717, 1.165) is 4.88 Å². The highest BCUT2D eigenvalue weighted by atomic mass is 35.5. The summed E-state index contributed by atoms with van der Waals surface area (Å²) in [5.74, 6) is -0.406. The van der Waals surface area contributed by atoms with Crippen LogP contribution in [0.4, 0.5) is 5.69 Å². The van der Waals surface area contributed by atoms with E-state index in [1.807, 2.05) is 27.3 Å². The van der Waals surface area contributed by atoms with Crippen molar-refractivity contribution in [2.75, 3.05) is 51.6 Å². The van der Waals surface area contributed by atoms with E-state index in [2.05, 4.69) is 5.32 Å². The van der Waals surface area contributed by atoms with Crippen molar-refractivity contribution in [1.29, 1.82) is 0 Å². The van der Waals surface area contributed by atoms with Crippen LogP contribution in [0, 0.1) is 0 Å². The Morgan fingerprint density at radius 2 is 1.83 bits per heavy atom. The van der Waals surface area contributed by atoms with Crippen molar-refractivity contribution in [2.24, 2.45) is 0 Å². The largest absolute Gasteiger partial charge is 0.335 e. The molecule has 9 heteroatoms. The van der Waals surface area contributed by atoms with E-state index in [4.69, 9.17) is 11.6 Å². The van der Waals surface area contributed by atoms with Crippen LogP contribution in [0.5, 0.6) is 0 Å². The second-order valence-corrected chi connectivity index (χ2v) is 8.18. The minimum absolute atomic E-state index is 0.0411. The lowest BCUT2D eigenvalue weighted by Gasteiger charge is -2.34. The molecule has 1 aromatic carbocycles. The molecule has 1 aliphatic heterocycles. The van der Waals surface area contributed by atoms with Gasteiger partial charge in [0.05, 0.1) is 28.7 Å². The molecule has 7 nitrogen and oxygen atoms in total. The Morgan fingerprint density at radius 3 is 2.48 bits per heavy atom. The average molecular weight is 435 g/mol. The number of anilines is 1. The number of benzene rings is 1. The van der Waals surface area contributed by atoms with Gasteiger partial charge in [0.15, 0.2) is 0 Å². The van der Waals surface area contributed by atoms with Gasteiger partial charge in [-0.2, -0.15) is 0 Å². The number of rotatable bonds is 6. The molecule has 2 heterocycles. The molecule has 0 radical (unpaired) electrons. The van der Waals surface area contributed by atoms with Crippen LogP contribution in [0.3, 0.4) is 0 Å². The highest BCUT2D eigenvalue weighted by Crippen LogP contribution is 2.20. The molecular formula is C20H23ClN4O3S. The molecule has 0 unspecified atom stereocenters. The van der Waals surface area contributed by atoms with Gasteiger partial charge in [-0.3, -0.25) is 19.3 Å². The summed E-state index contributed by atoms with van der Waals surface area (Å²) in [5.41, 5.74) is 0.520. The number of hydrogen-bond acceptors (Lipinski definition) is 5. The van der Waals surface area contributed by atoms with Crippen molar-refractivity contribution in [3.63, 3.8) is 0 Å². The summed E-state index contributed by atoms with van der Waals surface area (Å²) in [6.45, 7) is 2.59. The van der Waals surface area contributed by atoms with Gasteiger partial charge in [0.25, 0.3) is 5.91 Å². The molecule has 0 atom stereocenters. The summed E-state index contributed by atoms with van der Waals surface area (Å²) < 4.78 is 0. The minimum Gasteiger partial charge on any atom is -0.335 e. The molecule has 3 amide bonds. The second kappa shape index (κ2) is 9.87. The molecule has 1 fully saturated rings. The van der Waals surface area contributed by atoms with Gasteiger partial charge in [-0.1, -0.05) is 29.8 Å². The van der Waals surface area contributed by atoms with Crippen LogP contribution in [0.25, 0.3) is 0 Å². The number of carbonyl (C=O) groups excluding carboxylic acids is 3. The summed E-state index contributed by atoms with van der Waals surface area (Å²) in [6.07, 6.45) is 0. The van der Waals surface area contributed by atoms with Crippen LogP contribution in [0.2, 0.25) is 5.02 Å². The molecule has 0 aliphatic carbocycles. The van der Waals surface area contributed by atoms with Crippen LogP contribution >= 0.6 is 22.9 Å². The maximum atomic E-state index is 12.5. The lowest BCUT2D eigenvalue weighted by atomic mass is 10.3. The number of hydrogen-bond donors (Lipinski definition) is 1. The number of amides is 3. The molecule has 0 bridgehead atoms. The maximum absolute atomic E-state index is 12.5. The SMILES string of the molecule is CN(CC(=O)Nc1ccccc1Cl)C(=O)CN1CCN(C(=O)c2cccs2)CC1. The first-order valence-corrected chi connectivity index (χ1v) is 10.5. The summed E-state index contributed by atoms with van der Waals surface area (Å²) in [7, 11) is 1.60. The normalized spacial score (nSPS) is 14.5. The molecule has 154 valence electrons. The molecule has 3 rings (SSSR count). The molecule has 1 aromatic heterocycles. The van der Waals surface area contributed by atoms with Gasteiger partial charge in [-0.15, -0.1) is 11.3 Å². The Morgan fingerprint density at radius 1 is 1.10 bits per heavy atom. The fraction of sp³-hybridized carbons (Fsp3) is 0.350. The van der Waals surface area contributed by atoms with Crippen molar-refractivity contribution >= 4 is 46.3 Å². The van der Waals surface area contributed by atoms with Crippen molar-refractivity contribution in [3.05, 3.63) is 51.7 Å². The van der Waals surface area contributed by atoms with E-state index < -0.39 is 0 Å². The highest BCUT2D eigenvalue weighted by Gasteiger charge is 2.25. The number of nitrogens with zero attached hydrogens (tertiary/aromatic N) is 3. The van der Waals surface area contributed by atoms with Gasteiger partial charge < -0.3 is 15.1 Å². The van der Waals surface area contributed by atoms with Crippen molar-refractivity contribution in [2.45, 2.75) is 0 Å². The number of carbonyl (C=O) groups is 3. The average Bonchev–Trinajstić information content (AvgIpc) is 3.24. The fourth-order valence-electron chi connectivity index (χ4n) is 3.03. The van der Waals surface area contributed by atoms with E-state index in [-0.39, 0.29) is 30.8 Å². The summed E-state index contributed by atoms with van der Waals surface area (Å²) in [5, 5.41) is 5.05. The highest BCUT2D eigenvalue weighted by molar-refractivity contribution is 7.12. The van der Waals surface area contributed by atoms with E-state index in [1.54, 1.807) is 31.3 Å². The maximum Gasteiger partial charge on any atom is 0.264 e. The van der Waals surface area contributed by atoms with Crippen molar-refractivity contribution < 1.29 is 14.4 Å². The first-order chi connectivity index (χ1) is 13.9. The van der Waals surface area contributed by atoms with Crippen molar-refractivity contribution in [1.82, 2.24) is 14.7 Å². The third-order valence-electron chi connectivity index (χ3n) is 4.70. The second-order valence-electron chi connectivity index (χ2n) is 6.82. The summed E-state index contributed by atoms with van der Waals surface area (Å²) in [6, 6.07) is 10.6. The molecule has 1 N–H and O–H groups in total. The van der Waals surface area contributed by atoms with E-state index in [9.17, 15) is 14.4 Å². The predicted molar refractivity (Wildman–Crippen MR) is 114 cm³/mol. The summed E-state index contributed by atoms with van der Waals surface area (Å²) in [4.78, 5) is 43.0. The smallest absolute Gasteiger partial charge is 0.264 e. The first-order valence-electron chi connectivity index (χ1n) is 9.27. The van der Waals surface area contributed by atoms with Crippen LogP contribution in [0.15, 0.2) is 41.8 Å². The zero-order valence-electron chi connectivity index (χ0n) is 16.1. The standard InChI is InChI=1S/C20H23ClN4O3S/c1-23(13-18(26)22-16-6-3-2-5-15(16)21)19(27)14-24-8-10-25(11-9-24)20(28)17-7-4-12-29-17/h2-7,12H,8-11,13-14H2,1H3,(H,22,26). The Hall–Kier alpha value is -2.42. The molecule has 0 saturated carbocycles. The fourth-order valence-corrected chi connectivity index (χ4v) is 3.91. The minimum atomic E-state index is -0.305. The Labute approximate surface area is 178 Å². The molecule has 0 spiro atoms. The Balaban J connectivity index is 1.42. The number of para-hydroxylation sites is 1. The van der Waals surface area contributed by atoms with Crippen LogP contribution in [-0.4, -0.2) is 78.7 Å². The van der Waals surface area contributed by atoms with Gasteiger partial charge in [-0.05, 0) is 23.6 Å². The monoisotopic (exact) mass is 434 g/mol. The van der Waals surface area contributed by atoms with Gasteiger partial charge in [0.1, 0.15) is 0 Å². The number of halogens is 1. The zero-order valence-corrected chi connectivity index (χ0v) is 17.7. The third-order valence-corrected chi connectivity index (χ3v) is 5.89. The van der Waals surface area contributed by atoms with Crippen LogP contribution < -0.4 is 5.32 Å². The first kappa shape index (κ1) is 21.3.